The number of pyridine rings is 1. The molecule has 5 heteroatoms. The summed E-state index contributed by atoms with van der Waals surface area (Å²) in [6, 6.07) is 1.80. The van der Waals surface area contributed by atoms with Crippen LogP contribution in [0, 0.1) is 0 Å². The molecule has 1 aromatic rings. The molecule has 1 saturated heterocycles. The molecule has 0 saturated carbocycles. The standard InChI is InChI=1S/C12H20N4O/c1-2-15-5-7-16(8-6-15)10-11-9-14-4-3-12(11)17-13/h3-4,9H,2,5-8,10,13H2,1H3. The van der Waals surface area contributed by atoms with Crippen molar-refractivity contribution in [2.45, 2.75) is 13.5 Å². The third-order valence-electron chi connectivity index (χ3n) is 3.29. The van der Waals surface area contributed by atoms with E-state index in [-0.39, 0.29) is 0 Å². The van der Waals surface area contributed by atoms with Crippen LogP contribution in [0.4, 0.5) is 0 Å². The van der Waals surface area contributed by atoms with Gasteiger partial charge >= 0.3 is 0 Å². The van der Waals surface area contributed by atoms with Crippen molar-refractivity contribution in [3.8, 4) is 5.75 Å². The monoisotopic (exact) mass is 236 g/mol. The number of piperazine rings is 1. The van der Waals surface area contributed by atoms with Crippen LogP contribution in [0.25, 0.3) is 0 Å². The van der Waals surface area contributed by atoms with E-state index in [1.807, 2.05) is 6.20 Å². The van der Waals surface area contributed by atoms with E-state index >= 15 is 0 Å². The first-order valence-corrected chi connectivity index (χ1v) is 6.07. The van der Waals surface area contributed by atoms with Gasteiger partial charge in [0.15, 0.2) is 5.75 Å². The lowest BCUT2D eigenvalue weighted by Gasteiger charge is -2.34. The second kappa shape index (κ2) is 5.95. The molecule has 1 aliphatic rings. The number of nitrogens with two attached hydrogens (primary N) is 1. The van der Waals surface area contributed by atoms with Gasteiger partial charge in [-0.15, -0.1) is 0 Å². The highest BCUT2D eigenvalue weighted by atomic mass is 16.6. The molecule has 0 bridgehead atoms. The SMILES string of the molecule is CCN1CCN(Cc2cnccc2ON)CC1. The Balaban J connectivity index is 1.93. The van der Waals surface area contributed by atoms with Gasteiger partial charge in [0.05, 0.1) is 0 Å². The maximum Gasteiger partial charge on any atom is 0.154 e. The molecule has 2 heterocycles. The molecule has 0 radical (unpaired) electrons. The summed E-state index contributed by atoms with van der Waals surface area (Å²) in [5.74, 6) is 5.97. The number of likely N-dealkylation sites (N-methyl/N-ethyl adjacent to an activating group) is 1. The zero-order valence-corrected chi connectivity index (χ0v) is 10.3. The number of hydrogen-bond acceptors (Lipinski definition) is 5. The van der Waals surface area contributed by atoms with E-state index < -0.39 is 0 Å². The fourth-order valence-corrected chi connectivity index (χ4v) is 2.15. The predicted octanol–water partition coefficient (Wildman–Crippen LogP) is 0.472. The summed E-state index contributed by atoms with van der Waals surface area (Å²) in [5.41, 5.74) is 1.06. The summed E-state index contributed by atoms with van der Waals surface area (Å²) in [6.07, 6.45) is 3.52. The normalized spacial score (nSPS) is 18.2. The molecule has 94 valence electrons. The van der Waals surface area contributed by atoms with E-state index in [2.05, 4.69) is 21.7 Å². The molecule has 0 aliphatic carbocycles. The Hall–Kier alpha value is -1.17. The Kier molecular flexibility index (Phi) is 4.30. The minimum Gasteiger partial charge on any atom is -0.411 e. The lowest BCUT2D eigenvalue weighted by atomic mass is 10.2. The first-order chi connectivity index (χ1) is 8.33. The van der Waals surface area contributed by atoms with Crippen molar-refractivity contribution < 1.29 is 4.84 Å². The van der Waals surface area contributed by atoms with Crippen LogP contribution in [0.5, 0.6) is 5.75 Å². The highest BCUT2D eigenvalue weighted by molar-refractivity contribution is 5.29. The van der Waals surface area contributed by atoms with Crippen LogP contribution >= 0.6 is 0 Å². The maximum atomic E-state index is 5.24. The first kappa shape index (κ1) is 12.3. The fraction of sp³-hybridized carbons (Fsp3) is 0.583. The summed E-state index contributed by atoms with van der Waals surface area (Å²) in [4.78, 5) is 13.8. The van der Waals surface area contributed by atoms with E-state index in [4.69, 9.17) is 10.7 Å². The Morgan fingerprint density at radius 1 is 1.29 bits per heavy atom. The van der Waals surface area contributed by atoms with Crippen molar-refractivity contribution in [3.05, 3.63) is 24.0 Å². The lowest BCUT2D eigenvalue weighted by molar-refractivity contribution is 0.130. The molecule has 17 heavy (non-hydrogen) atoms. The molecule has 2 N–H and O–H groups in total. The van der Waals surface area contributed by atoms with Crippen LogP contribution in [-0.4, -0.2) is 47.5 Å². The Bertz CT molecular complexity index is 350. The molecule has 0 spiro atoms. The molecule has 5 nitrogen and oxygen atoms in total. The molecule has 0 aromatic carbocycles. The van der Waals surface area contributed by atoms with Crippen molar-refractivity contribution in [3.63, 3.8) is 0 Å². The van der Waals surface area contributed by atoms with Crippen LogP contribution in [0.1, 0.15) is 12.5 Å². The van der Waals surface area contributed by atoms with E-state index in [0.29, 0.717) is 0 Å². The zero-order valence-electron chi connectivity index (χ0n) is 10.3. The van der Waals surface area contributed by atoms with E-state index in [1.165, 1.54) is 0 Å². The maximum absolute atomic E-state index is 5.24. The van der Waals surface area contributed by atoms with Crippen molar-refractivity contribution in [2.24, 2.45) is 5.90 Å². The second-order valence-corrected chi connectivity index (χ2v) is 4.31. The first-order valence-electron chi connectivity index (χ1n) is 6.07. The molecule has 0 amide bonds. The highest BCUT2D eigenvalue weighted by Crippen LogP contribution is 2.18. The molecular weight excluding hydrogens is 216 g/mol. The molecule has 2 rings (SSSR count). The van der Waals surface area contributed by atoms with Gasteiger partial charge in [-0.05, 0) is 6.54 Å². The van der Waals surface area contributed by atoms with Crippen LogP contribution in [-0.2, 0) is 6.54 Å². The van der Waals surface area contributed by atoms with Crippen molar-refractivity contribution in [2.75, 3.05) is 32.7 Å². The van der Waals surface area contributed by atoms with Gasteiger partial charge < -0.3 is 9.74 Å². The second-order valence-electron chi connectivity index (χ2n) is 4.31. The van der Waals surface area contributed by atoms with Gasteiger partial charge in [-0.3, -0.25) is 9.88 Å². The van der Waals surface area contributed by atoms with Crippen LogP contribution in [0.2, 0.25) is 0 Å². The third-order valence-corrected chi connectivity index (χ3v) is 3.29. The van der Waals surface area contributed by atoms with Crippen molar-refractivity contribution >= 4 is 0 Å². The predicted molar refractivity (Wildman–Crippen MR) is 66.4 cm³/mol. The Morgan fingerprint density at radius 3 is 2.65 bits per heavy atom. The summed E-state index contributed by atoms with van der Waals surface area (Å²) >= 11 is 0. The molecule has 1 aliphatic heterocycles. The number of rotatable bonds is 4. The van der Waals surface area contributed by atoms with Gasteiger partial charge in [0.25, 0.3) is 0 Å². The van der Waals surface area contributed by atoms with Crippen LogP contribution in [0.3, 0.4) is 0 Å². The Morgan fingerprint density at radius 2 is 2.00 bits per heavy atom. The minimum absolute atomic E-state index is 0.720. The van der Waals surface area contributed by atoms with Crippen molar-refractivity contribution in [1.29, 1.82) is 0 Å². The quantitative estimate of drug-likeness (QED) is 0.770. The van der Waals surface area contributed by atoms with E-state index in [9.17, 15) is 0 Å². The summed E-state index contributed by atoms with van der Waals surface area (Å²) in [7, 11) is 0. The van der Waals surface area contributed by atoms with E-state index in [0.717, 1.165) is 50.6 Å². The molecule has 1 aromatic heterocycles. The number of hydrogen-bond donors (Lipinski definition) is 1. The number of aromatic nitrogens is 1. The summed E-state index contributed by atoms with van der Waals surface area (Å²) in [5, 5.41) is 0. The van der Waals surface area contributed by atoms with E-state index in [1.54, 1.807) is 12.3 Å². The van der Waals surface area contributed by atoms with Gasteiger partial charge in [0.2, 0.25) is 0 Å². The van der Waals surface area contributed by atoms with Gasteiger partial charge in [-0.2, -0.15) is 5.90 Å². The third kappa shape index (κ3) is 3.15. The molecule has 1 fully saturated rings. The summed E-state index contributed by atoms with van der Waals surface area (Å²) in [6.45, 7) is 8.65. The van der Waals surface area contributed by atoms with Crippen molar-refractivity contribution in [1.82, 2.24) is 14.8 Å². The molecular formula is C12H20N4O. The topological polar surface area (TPSA) is 54.6 Å². The minimum atomic E-state index is 0.720. The smallest absolute Gasteiger partial charge is 0.154 e. The zero-order chi connectivity index (χ0) is 12.1. The molecule has 0 unspecified atom stereocenters. The average molecular weight is 236 g/mol. The Labute approximate surface area is 102 Å². The average Bonchev–Trinajstić information content (AvgIpc) is 2.40. The van der Waals surface area contributed by atoms with Crippen LogP contribution < -0.4 is 10.7 Å². The lowest BCUT2D eigenvalue weighted by Crippen LogP contribution is -2.45. The summed E-state index contributed by atoms with van der Waals surface area (Å²) < 4.78 is 0. The van der Waals surface area contributed by atoms with Gasteiger partial charge in [-0.25, -0.2) is 0 Å². The van der Waals surface area contributed by atoms with Crippen LogP contribution in [0.15, 0.2) is 18.5 Å². The largest absolute Gasteiger partial charge is 0.411 e. The molecule has 0 atom stereocenters. The van der Waals surface area contributed by atoms with Gasteiger partial charge in [-0.1, -0.05) is 6.92 Å². The highest BCUT2D eigenvalue weighted by Gasteiger charge is 2.16. The van der Waals surface area contributed by atoms with Gasteiger partial charge in [0, 0.05) is 56.7 Å². The fourth-order valence-electron chi connectivity index (χ4n) is 2.15. The van der Waals surface area contributed by atoms with Gasteiger partial charge in [0.1, 0.15) is 0 Å². The number of nitrogens with zero attached hydrogens (tertiary/aromatic N) is 3.